The molecule has 0 bridgehead atoms. The Bertz CT molecular complexity index is 800. The summed E-state index contributed by atoms with van der Waals surface area (Å²) in [5.74, 6) is 0.273. The quantitative estimate of drug-likeness (QED) is 0.890. The van der Waals surface area contributed by atoms with Gasteiger partial charge in [0.05, 0.1) is 22.6 Å². The van der Waals surface area contributed by atoms with E-state index in [0.29, 0.717) is 5.95 Å². The van der Waals surface area contributed by atoms with Crippen LogP contribution >= 0.6 is 11.6 Å². The van der Waals surface area contributed by atoms with Crippen molar-refractivity contribution < 1.29 is 4.79 Å². The Morgan fingerprint density at radius 3 is 2.38 bits per heavy atom. The first-order valence-electron chi connectivity index (χ1n) is 9.15. The summed E-state index contributed by atoms with van der Waals surface area (Å²) in [6.45, 7) is 3.86. The van der Waals surface area contributed by atoms with Gasteiger partial charge in [0.25, 0.3) is 5.91 Å². The Labute approximate surface area is 158 Å². The number of carbonyl (C=O) groups is 1. The standard InChI is InChI=1S/C19H22ClN5O/c20-14-13-21-19(25-11-5-6-12-25)23-17(14)18(26)22-15-7-1-2-8-16(15)24-9-3-4-10-24/h1-2,7-8,13H,3-6,9-12H2,(H,22,26). The van der Waals surface area contributed by atoms with Crippen molar-refractivity contribution in [2.75, 3.05) is 41.3 Å². The molecule has 136 valence electrons. The van der Waals surface area contributed by atoms with E-state index in [1.807, 2.05) is 24.3 Å². The molecule has 0 aliphatic carbocycles. The highest BCUT2D eigenvalue weighted by Gasteiger charge is 2.21. The summed E-state index contributed by atoms with van der Waals surface area (Å²) in [5.41, 5.74) is 2.06. The van der Waals surface area contributed by atoms with E-state index in [1.54, 1.807) is 0 Å². The molecule has 2 aliphatic rings. The minimum absolute atomic E-state index is 0.222. The maximum Gasteiger partial charge on any atom is 0.276 e. The Balaban J connectivity index is 1.58. The zero-order valence-electron chi connectivity index (χ0n) is 14.6. The molecule has 0 radical (unpaired) electrons. The van der Waals surface area contributed by atoms with E-state index in [4.69, 9.17) is 11.6 Å². The molecular weight excluding hydrogens is 350 g/mol. The van der Waals surface area contributed by atoms with Crippen LogP contribution in [0.15, 0.2) is 30.5 Å². The van der Waals surface area contributed by atoms with Crippen molar-refractivity contribution in [3.63, 3.8) is 0 Å². The first kappa shape index (κ1) is 17.1. The number of halogens is 1. The van der Waals surface area contributed by atoms with Crippen molar-refractivity contribution in [2.24, 2.45) is 0 Å². The fraction of sp³-hybridized carbons (Fsp3) is 0.421. The van der Waals surface area contributed by atoms with E-state index in [1.165, 1.54) is 19.0 Å². The molecule has 6 nitrogen and oxygen atoms in total. The van der Waals surface area contributed by atoms with Gasteiger partial charge in [-0.2, -0.15) is 0 Å². The van der Waals surface area contributed by atoms with E-state index in [2.05, 4.69) is 25.1 Å². The number of nitrogens with zero attached hydrogens (tertiary/aromatic N) is 4. The number of hydrogen-bond donors (Lipinski definition) is 1. The number of aromatic nitrogens is 2. The molecule has 1 aromatic carbocycles. The fourth-order valence-electron chi connectivity index (χ4n) is 3.58. The number of carbonyl (C=O) groups excluding carboxylic acids is 1. The van der Waals surface area contributed by atoms with Gasteiger partial charge >= 0.3 is 0 Å². The topological polar surface area (TPSA) is 61.4 Å². The van der Waals surface area contributed by atoms with Gasteiger partial charge in [0.15, 0.2) is 5.69 Å². The van der Waals surface area contributed by atoms with Crippen molar-refractivity contribution >= 4 is 34.8 Å². The lowest BCUT2D eigenvalue weighted by Crippen LogP contribution is -2.24. The van der Waals surface area contributed by atoms with Gasteiger partial charge in [-0.1, -0.05) is 23.7 Å². The van der Waals surface area contributed by atoms with Gasteiger partial charge in [-0.3, -0.25) is 4.79 Å². The molecule has 2 saturated heterocycles. The molecule has 0 unspecified atom stereocenters. The number of para-hydroxylation sites is 2. The van der Waals surface area contributed by atoms with Crippen LogP contribution in [0.1, 0.15) is 36.2 Å². The molecule has 2 aliphatic heterocycles. The maximum absolute atomic E-state index is 12.8. The van der Waals surface area contributed by atoms with Crippen LogP contribution in [-0.4, -0.2) is 42.1 Å². The SMILES string of the molecule is O=C(Nc1ccccc1N1CCCC1)c1nc(N2CCCC2)ncc1Cl. The summed E-state index contributed by atoms with van der Waals surface area (Å²) in [5, 5.41) is 3.26. The Kier molecular flexibility index (Phi) is 4.93. The highest BCUT2D eigenvalue weighted by atomic mass is 35.5. The smallest absolute Gasteiger partial charge is 0.276 e. The second-order valence-electron chi connectivity index (χ2n) is 6.73. The van der Waals surface area contributed by atoms with Crippen LogP contribution in [0.25, 0.3) is 0 Å². The monoisotopic (exact) mass is 371 g/mol. The molecular formula is C19H22ClN5O. The third-order valence-corrected chi connectivity index (χ3v) is 5.21. The number of anilines is 3. The molecule has 1 aromatic heterocycles. The normalized spacial score (nSPS) is 17.0. The predicted molar refractivity (Wildman–Crippen MR) is 104 cm³/mol. The number of hydrogen-bond acceptors (Lipinski definition) is 5. The van der Waals surface area contributed by atoms with E-state index < -0.39 is 0 Å². The Morgan fingerprint density at radius 1 is 1.00 bits per heavy atom. The zero-order chi connectivity index (χ0) is 17.9. The van der Waals surface area contributed by atoms with Crippen LogP contribution in [0.3, 0.4) is 0 Å². The molecule has 2 aromatic rings. The lowest BCUT2D eigenvalue weighted by Gasteiger charge is -2.21. The minimum atomic E-state index is -0.301. The van der Waals surface area contributed by atoms with Gasteiger partial charge < -0.3 is 15.1 Å². The first-order valence-corrected chi connectivity index (χ1v) is 9.53. The van der Waals surface area contributed by atoms with Gasteiger partial charge in [-0.25, -0.2) is 9.97 Å². The summed E-state index contributed by atoms with van der Waals surface area (Å²) < 4.78 is 0. The first-order chi connectivity index (χ1) is 12.7. The molecule has 26 heavy (non-hydrogen) atoms. The number of benzene rings is 1. The molecule has 1 amide bonds. The molecule has 4 rings (SSSR count). The number of rotatable bonds is 4. The lowest BCUT2D eigenvalue weighted by atomic mass is 10.2. The average Bonchev–Trinajstić information content (AvgIpc) is 3.36. The van der Waals surface area contributed by atoms with Crippen molar-refractivity contribution in [1.29, 1.82) is 0 Å². The van der Waals surface area contributed by atoms with Crippen LogP contribution in [-0.2, 0) is 0 Å². The van der Waals surface area contributed by atoms with Crippen LogP contribution in [0.2, 0.25) is 5.02 Å². The fourth-order valence-corrected chi connectivity index (χ4v) is 3.76. The summed E-state index contributed by atoms with van der Waals surface area (Å²) in [4.78, 5) is 26.0. The summed E-state index contributed by atoms with van der Waals surface area (Å²) in [7, 11) is 0. The molecule has 3 heterocycles. The summed E-state index contributed by atoms with van der Waals surface area (Å²) >= 11 is 6.22. The molecule has 1 N–H and O–H groups in total. The summed E-state index contributed by atoms with van der Waals surface area (Å²) in [6, 6.07) is 7.87. The predicted octanol–water partition coefficient (Wildman–Crippen LogP) is 3.58. The number of nitrogens with one attached hydrogen (secondary N) is 1. The zero-order valence-corrected chi connectivity index (χ0v) is 15.4. The van der Waals surface area contributed by atoms with E-state index in [9.17, 15) is 4.79 Å². The lowest BCUT2D eigenvalue weighted by molar-refractivity contribution is 0.102. The van der Waals surface area contributed by atoms with Crippen LogP contribution in [0.4, 0.5) is 17.3 Å². The largest absolute Gasteiger partial charge is 0.370 e. The second kappa shape index (κ2) is 7.50. The van der Waals surface area contributed by atoms with E-state index in [-0.39, 0.29) is 16.6 Å². The molecule has 2 fully saturated rings. The van der Waals surface area contributed by atoms with Gasteiger partial charge in [-0.15, -0.1) is 0 Å². The maximum atomic E-state index is 12.8. The summed E-state index contributed by atoms with van der Waals surface area (Å²) in [6.07, 6.45) is 6.12. The number of amides is 1. The van der Waals surface area contributed by atoms with Crippen molar-refractivity contribution in [3.05, 3.63) is 41.2 Å². The molecule has 0 saturated carbocycles. The molecule has 7 heteroatoms. The van der Waals surface area contributed by atoms with Gasteiger partial charge in [0, 0.05) is 26.2 Å². The van der Waals surface area contributed by atoms with Gasteiger partial charge in [0.1, 0.15) is 0 Å². The van der Waals surface area contributed by atoms with Gasteiger partial charge in [-0.05, 0) is 37.8 Å². The van der Waals surface area contributed by atoms with Crippen molar-refractivity contribution in [3.8, 4) is 0 Å². The highest BCUT2D eigenvalue weighted by molar-refractivity contribution is 6.34. The van der Waals surface area contributed by atoms with Crippen LogP contribution in [0, 0.1) is 0 Å². The average molecular weight is 372 g/mol. The minimum Gasteiger partial charge on any atom is -0.370 e. The highest BCUT2D eigenvalue weighted by Crippen LogP contribution is 2.29. The van der Waals surface area contributed by atoms with Crippen molar-refractivity contribution in [2.45, 2.75) is 25.7 Å². The Hall–Kier alpha value is -2.34. The van der Waals surface area contributed by atoms with E-state index in [0.717, 1.165) is 50.4 Å². The van der Waals surface area contributed by atoms with E-state index >= 15 is 0 Å². The third kappa shape index (κ3) is 3.46. The van der Waals surface area contributed by atoms with Crippen LogP contribution in [0.5, 0.6) is 0 Å². The second-order valence-corrected chi connectivity index (χ2v) is 7.13. The van der Waals surface area contributed by atoms with Crippen LogP contribution < -0.4 is 15.1 Å². The molecule has 0 atom stereocenters. The van der Waals surface area contributed by atoms with Crippen molar-refractivity contribution in [1.82, 2.24) is 9.97 Å². The third-order valence-electron chi connectivity index (χ3n) is 4.93. The molecule has 0 spiro atoms. The Morgan fingerprint density at radius 2 is 1.65 bits per heavy atom. The van der Waals surface area contributed by atoms with Gasteiger partial charge in [0.2, 0.25) is 5.95 Å².